The number of aryl methyl sites for hydroxylation is 3. The van der Waals surface area contributed by atoms with E-state index in [0.29, 0.717) is 5.02 Å². The van der Waals surface area contributed by atoms with Gasteiger partial charge in [-0.15, -0.1) is 0 Å². The Morgan fingerprint density at radius 3 is 2.45 bits per heavy atom. The summed E-state index contributed by atoms with van der Waals surface area (Å²) in [7, 11) is -3.55. The summed E-state index contributed by atoms with van der Waals surface area (Å²) in [6.45, 7) is 5.94. The van der Waals surface area contributed by atoms with Crippen molar-refractivity contribution >= 4 is 21.6 Å². The van der Waals surface area contributed by atoms with Crippen molar-refractivity contribution in [3.8, 4) is 0 Å². The Labute approximate surface area is 124 Å². The zero-order valence-electron chi connectivity index (χ0n) is 11.6. The van der Waals surface area contributed by atoms with Gasteiger partial charge < -0.3 is 4.98 Å². The van der Waals surface area contributed by atoms with Crippen molar-refractivity contribution in [3.63, 3.8) is 0 Å². The summed E-state index contributed by atoms with van der Waals surface area (Å²) in [5.74, 6) is 0. The maximum Gasteiger partial charge on any atom is 0.240 e. The molecule has 0 atom stereocenters. The standard InChI is InChI=1S/C14H17ClN2O2S/c1-9-4-5-13(7-14(9)15)20(18,19)16-8-12-6-10(2)17-11(12)3/h4-7,16-17H,8H2,1-3H3. The number of rotatable bonds is 4. The lowest BCUT2D eigenvalue weighted by Gasteiger charge is -2.08. The lowest BCUT2D eigenvalue weighted by molar-refractivity contribution is 0.581. The van der Waals surface area contributed by atoms with Gasteiger partial charge in [-0.25, -0.2) is 13.1 Å². The summed E-state index contributed by atoms with van der Waals surface area (Å²) >= 11 is 5.97. The lowest BCUT2D eigenvalue weighted by atomic mass is 10.2. The monoisotopic (exact) mass is 312 g/mol. The van der Waals surface area contributed by atoms with E-state index in [4.69, 9.17) is 11.6 Å². The first kappa shape index (κ1) is 15.1. The molecular weight excluding hydrogens is 296 g/mol. The van der Waals surface area contributed by atoms with Gasteiger partial charge in [0.1, 0.15) is 0 Å². The highest BCUT2D eigenvalue weighted by atomic mass is 35.5. The smallest absolute Gasteiger partial charge is 0.240 e. The molecule has 2 N–H and O–H groups in total. The van der Waals surface area contributed by atoms with E-state index in [-0.39, 0.29) is 11.4 Å². The topological polar surface area (TPSA) is 62.0 Å². The Kier molecular flexibility index (Phi) is 4.22. The van der Waals surface area contributed by atoms with Crippen LogP contribution in [0.3, 0.4) is 0 Å². The molecule has 1 aromatic heterocycles. The van der Waals surface area contributed by atoms with Crippen LogP contribution in [-0.2, 0) is 16.6 Å². The number of H-pyrrole nitrogens is 1. The second-order valence-corrected chi connectivity index (χ2v) is 7.01. The molecule has 1 aromatic carbocycles. The third kappa shape index (κ3) is 3.23. The Balaban J connectivity index is 2.19. The van der Waals surface area contributed by atoms with Crippen LogP contribution in [0.1, 0.15) is 22.5 Å². The quantitative estimate of drug-likeness (QED) is 0.911. The van der Waals surface area contributed by atoms with E-state index >= 15 is 0 Å². The van der Waals surface area contributed by atoms with Crippen LogP contribution in [-0.4, -0.2) is 13.4 Å². The van der Waals surface area contributed by atoms with Crippen LogP contribution in [0.5, 0.6) is 0 Å². The Morgan fingerprint density at radius 2 is 1.90 bits per heavy atom. The van der Waals surface area contributed by atoms with Crippen LogP contribution < -0.4 is 4.72 Å². The highest BCUT2D eigenvalue weighted by Crippen LogP contribution is 2.20. The number of sulfonamides is 1. The van der Waals surface area contributed by atoms with E-state index in [0.717, 1.165) is 22.5 Å². The number of aromatic amines is 1. The van der Waals surface area contributed by atoms with E-state index in [1.807, 2.05) is 26.8 Å². The van der Waals surface area contributed by atoms with Crippen molar-refractivity contribution in [2.45, 2.75) is 32.2 Å². The van der Waals surface area contributed by atoms with Crippen molar-refractivity contribution in [1.29, 1.82) is 0 Å². The Hall–Kier alpha value is -1.30. The number of hydrogen-bond donors (Lipinski definition) is 2. The molecule has 2 aromatic rings. The number of aromatic nitrogens is 1. The van der Waals surface area contributed by atoms with Gasteiger partial charge in [-0.2, -0.15) is 0 Å². The molecule has 0 saturated heterocycles. The fourth-order valence-corrected chi connectivity index (χ4v) is 3.24. The Bertz CT molecular complexity index is 736. The molecule has 0 aliphatic heterocycles. The summed E-state index contributed by atoms with van der Waals surface area (Å²) in [4.78, 5) is 3.32. The number of hydrogen-bond acceptors (Lipinski definition) is 2. The molecule has 0 bridgehead atoms. The van der Waals surface area contributed by atoms with Gasteiger partial charge in [0.2, 0.25) is 10.0 Å². The minimum Gasteiger partial charge on any atom is -0.362 e. The van der Waals surface area contributed by atoms with Crippen LogP contribution in [0.15, 0.2) is 29.2 Å². The highest BCUT2D eigenvalue weighted by molar-refractivity contribution is 7.89. The summed E-state index contributed by atoms with van der Waals surface area (Å²) in [6, 6.07) is 6.65. The lowest BCUT2D eigenvalue weighted by Crippen LogP contribution is -2.23. The first-order valence-corrected chi connectivity index (χ1v) is 8.06. The molecule has 0 spiro atoms. The van der Waals surface area contributed by atoms with Gasteiger partial charge in [0.05, 0.1) is 4.90 Å². The van der Waals surface area contributed by atoms with Crippen LogP contribution in [0.4, 0.5) is 0 Å². The summed E-state index contributed by atoms with van der Waals surface area (Å²) in [5.41, 5.74) is 3.76. The average Bonchev–Trinajstić information content (AvgIpc) is 2.69. The third-order valence-corrected chi connectivity index (χ3v) is 4.97. The largest absolute Gasteiger partial charge is 0.362 e. The van der Waals surface area contributed by atoms with E-state index in [1.165, 1.54) is 6.07 Å². The molecule has 0 unspecified atom stereocenters. The van der Waals surface area contributed by atoms with Gasteiger partial charge in [0, 0.05) is 23.0 Å². The van der Waals surface area contributed by atoms with E-state index in [1.54, 1.807) is 12.1 Å². The van der Waals surface area contributed by atoms with Crippen molar-refractivity contribution < 1.29 is 8.42 Å². The Morgan fingerprint density at radius 1 is 1.20 bits per heavy atom. The van der Waals surface area contributed by atoms with E-state index < -0.39 is 10.0 Å². The fraction of sp³-hybridized carbons (Fsp3) is 0.286. The fourth-order valence-electron chi connectivity index (χ4n) is 1.96. The first-order chi connectivity index (χ1) is 9.29. The predicted molar refractivity (Wildman–Crippen MR) is 80.5 cm³/mol. The molecular formula is C14H17ClN2O2S. The minimum atomic E-state index is -3.55. The average molecular weight is 313 g/mol. The first-order valence-electron chi connectivity index (χ1n) is 6.20. The van der Waals surface area contributed by atoms with Gasteiger partial charge in [0.25, 0.3) is 0 Å². The highest BCUT2D eigenvalue weighted by Gasteiger charge is 2.15. The SMILES string of the molecule is Cc1cc(CNS(=O)(=O)c2ccc(C)c(Cl)c2)c(C)[nH]1. The second-order valence-electron chi connectivity index (χ2n) is 4.84. The molecule has 0 amide bonds. The molecule has 0 fully saturated rings. The molecule has 0 aliphatic carbocycles. The predicted octanol–water partition coefficient (Wildman–Crippen LogP) is 3.07. The maximum atomic E-state index is 12.2. The van der Waals surface area contributed by atoms with Crippen molar-refractivity contribution in [1.82, 2.24) is 9.71 Å². The number of benzene rings is 1. The molecule has 1 heterocycles. The molecule has 4 nitrogen and oxygen atoms in total. The zero-order valence-corrected chi connectivity index (χ0v) is 13.2. The molecule has 0 aliphatic rings. The minimum absolute atomic E-state index is 0.179. The van der Waals surface area contributed by atoms with Crippen LogP contribution in [0, 0.1) is 20.8 Å². The molecule has 0 saturated carbocycles. The summed E-state index contributed by atoms with van der Waals surface area (Å²) < 4.78 is 27.0. The maximum absolute atomic E-state index is 12.2. The third-order valence-electron chi connectivity index (χ3n) is 3.16. The van der Waals surface area contributed by atoms with E-state index in [2.05, 4.69) is 9.71 Å². The zero-order chi connectivity index (χ0) is 14.9. The molecule has 20 heavy (non-hydrogen) atoms. The van der Waals surface area contributed by atoms with Crippen molar-refractivity contribution in [3.05, 3.63) is 51.8 Å². The van der Waals surface area contributed by atoms with Gasteiger partial charge in [-0.05, 0) is 50.1 Å². The normalized spacial score (nSPS) is 11.8. The molecule has 2 rings (SSSR count). The van der Waals surface area contributed by atoms with Gasteiger partial charge in [0.15, 0.2) is 0 Å². The van der Waals surface area contributed by atoms with Crippen molar-refractivity contribution in [2.24, 2.45) is 0 Å². The number of nitrogens with one attached hydrogen (secondary N) is 2. The van der Waals surface area contributed by atoms with E-state index in [9.17, 15) is 8.42 Å². The molecule has 0 radical (unpaired) electrons. The number of halogens is 1. The molecule has 6 heteroatoms. The van der Waals surface area contributed by atoms with Gasteiger partial charge in [-0.3, -0.25) is 0 Å². The second kappa shape index (κ2) is 5.60. The van der Waals surface area contributed by atoms with Crippen LogP contribution >= 0.6 is 11.6 Å². The van der Waals surface area contributed by atoms with Crippen LogP contribution in [0.2, 0.25) is 5.02 Å². The summed E-state index contributed by atoms with van der Waals surface area (Å²) in [5, 5.41) is 0.446. The van der Waals surface area contributed by atoms with Gasteiger partial charge in [-0.1, -0.05) is 17.7 Å². The molecule has 108 valence electrons. The van der Waals surface area contributed by atoms with Crippen LogP contribution in [0.25, 0.3) is 0 Å². The van der Waals surface area contributed by atoms with Crippen molar-refractivity contribution in [2.75, 3.05) is 0 Å². The van der Waals surface area contributed by atoms with Gasteiger partial charge >= 0.3 is 0 Å². The summed E-state index contributed by atoms with van der Waals surface area (Å²) in [6.07, 6.45) is 0.